The lowest BCUT2D eigenvalue weighted by atomic mass is 9.95. The van der Waals surface area contributed by atoms with Gasteiger partial charge in [-0.05, 0) is 71.8 Å². The van der Waals surface area contributed by atoms with Crippen LogP contribution >= 0.6 is 0 Å². The minimum Gasteiger partial charge on any atom is -0.315 e. The standard InChI is InChI=1S/C14H28N2.C5H11N/c1-2-4-8-14(9-5-3-1)16-12-7-6-10-15-11-13-16;1-6-4-2-3-5-6/h14-15H,1-13H2;2-5H2,1H3. The minimum atomic E-state index is 0.903. The summed E-state index contributed by atoms with van der Waals surface area (Å²) in [4.78, 5) is 5.14. The van der Waals surface area contributed by atoms with Gasteiger partial charge in [0.05, 0.1) is 0 Å². The monoisotopic (exact) mass is 309 g/mol. The number of rotatable bonds is 1. The molecule has 0 spiro atoms. The first-order valence-corrected chi connectivity index (χ1v) is 9.99. The van der Waals surface area contributed by atoms with Gasteiger partial charge in [-0.1, -0.05) is 32.1 Å². The topological polar surface area (TPSA) is 18.5 Å². The fourth-order valence-electron chi connectivity index (χ4n) is 4.06. The van der Waals surface area contributed by atoms with Crippen LogP contribution in [0.3, 0.4) is 0 Å². The predicted octanol–water partition coefficient (Wildman–Crippen LogP) is 3.50. The van der Waals surface area contributed by atoms with E-state index in [9.17, 15) is 0 Å². The Kier molecular flexibility index (Phi) is 9.46. The van der Waals surface area contributed by atoms with Gasteiger partial charge in [0.2, 0.25) is 0 Å². The predicted molar refractivity (Wildman–Crippen MR) is 96.5 cm³/mol. The summed E-state index contributed by atoms with van der Waals surface area (Å²) in [6.07, 6.45) is 15.9. The van der Waals surface area contributed by atoms with Gasteiger partial charge in [0.15, 0.2) is 0 Å². The second kappa shape index (κ2) is 11.4. The molecule has 3 rings (SSSR count). The van der Waals surface area contributed by atoms with Crippen LogP contribution < -0.4 is 5.32 Å². The number of nitrogens with zero attached hydrogens (tertiary/aromatic N) is 2. The highest BCUT2D eigenvalue weighted by molar-refractivity contribution is 4.76. The Morgan fingerprint density at radius 2 is 1.27 bits per heavy atom. The van der Waals surface area contributed by atoms with Crippen molar-refractivity contribution in [3.8, 4) is 0 Å². The molecular weight excluding hydrogens is 270 g/mol. The zero-order chi connectivity index (χ0) is 15.5. The lowest BCUT2D eigenvalue weighted by molar-refractivity contribution is 0.157. The van der Waals surface area contributed by atoms with Gasteiger partial charge in [-0.3, -0.25) is 4.90 Å². The van der Waals surface area contributed by atoms with E-state index in [2.05, 4.69) is 22.2 Å². The Hall–Kier alpha value is -0.120. The molecule has 2 heterocycles. The summed E-state index contributed by atoms with van der Waals surface area (Å²) in [6, 6.07) is 0.903. The van der Waals surface area contributed by atoms with Crippen molar-refractivity contribution in [2.45, 2.75) is 76.7 Å². The quantitative estimate of drug-likeness (QED) is 0.800. The molecule has 3 nitrogen and oxygen atoms in total. The lowest BCUT2D eigenvalue weighted by Gasteiger charge is -2.34. The lowest BCUT2D eigenvalue weighted by Crippen LogP contribution is -2.42. The molecule has 130 valence electrons. The summed E-state index contributed by atoms with van der Waals surface area (Å²) < 4.78 is 0. The van der Waals surface area contributed by atoms with Crippen molar-refractivity contribution >= 4 is 0 Å². The van der Waals surface area contributed by atoms with Crippen LogP contribution in [0.25, 0.3) is 0 Å². The average molecular weight is 310 g/mol. The number of nitrogens with one attached hydrogen (secondary N) is 1. The molecule has 0 aromatic carbocycles. The first-order valence-electron chi connectivity index (χ1n) is 9.99. The summed E-state index contributed by atoms with van der Waals surface area (Å²) in [7, 11) is 2.17. The van der Waals surface area contributed by atoms with Crippen molar-refractivity contribution in [3.63, 3.8) is 0 Å². The van der Waals surface area contributed by atoms with E-state index < -0.39 is 0 Å². The minimum absolute atomic E-state index is 0.903. The van der Waals surface area contributed by atoms with E-state index >= 15 is 0 Å². The molecule has 0 unspecified atom stereocenters. The summed E-state index contributed by atoms with van der Waals surface area (Å²) >= 11 is 0. The fraction of sp³-hybridized carbons (Fsp3) is 1.00. The maximum absolute atomic E-state index is 3.54. The molecule has 3 fully saturated rings. The smallest absolute Gasteiger partial charge is 0.0110 e. The SMILES string of the molecule is C1CCCC(N2CCCCNCC2)CCC1.CN1CCCC1. The molecule has 3 heteroatoms. The highest BCUT2D eigenvalue weighted by atomic mass is 15.2. The van der Waals surface area contributed by atoms with Gasteiger partial charge in [-0.2, -0.15) is 0 Å². The van der Waals surface area contributed by atoms with E-state index in [-0.39, 0.29) is 0 Å². The summed E-state index contributed by atoms with van der Waals surface area (Å²) in [5.74, 6) is 0. The van der Waals surface area contributed by atoms with Gasteiger partial charge in [-0.15, -0.1) is 0 Å². The Morgan fingerprint density at radius 1 is 0.636 bits per heavy atom. The molecule has 1 N–H and O–H groups in total. The molecule has 3 aliphatic rings. The first kappa shape index (κ1) is 18.2. The molecule has 2 saturated heterocycles. The van der Waals surface area contributed by atoms with Gasteiger partial charge in [0.25, 0.3) is 0 Å². The molecular formula is C19H39N3. The third kappa shape index (κ3) is 7.43. The van der Waals surface area contributed by atoms with E-state index in [1.807, 2.05) is 0 Å². The van der Waals surface area contributed by atoms with Crippen molar-refractivity contribution in [2.75, 3.05) is 46.3 Å². The van der Waals surface area contributed by atoms with Crippen molar-refractivity contribution in [2.24, 2.45) is 0 Å². The molecule has 0 radical (unpaired) electrons. The molecule has 0 atom stereocenters. The zero-order valence-electron chi connectivity index (χ0n) is 15.0. The first-order chi connectivity index (χ1) is 10.9. The highest BCUT2D eigenvalue weighted by Gasteiger charge is 2.19. The Morgan fingerprint density at radius 3 is 1.91 bits per heavy atom. The summed E-state index contributed by atoms with van der Waals surface area (Å²) in [5.41, 5.74) is 0. The maximum atomic E-state index is 3.54. The maximum Gasteiger partial charge on any atom is 0.0110 e. The average Bonchev–Trinajstić information content (AvgIpc) is 2.91. The van der Waals surface area contributed by atoms with Gasteiger partial charge < -0.3 is 10.2 Å². The molecule has 0 amide bonds. The molecule has 1 saturated carbocycles. The van der Waals surface area contributed by atoms with Crippen LogP contribution in [0.1, 0.15) is 70.6 Å². The fourth-order valence-corrected chi connectivity index (χ4v) is 4.06. The second-order valence-corrected chi connectivity index (χ2v) is 7.50. The third-order valence-corrected chi connectivity index (χ3v) is 5.55. The van der Waals surface area contributed by atoms with Crippen molar-refractivity contribution in [3.05, 3.63) is 0 Å². The molecule has 0 aromatic heterocycles. The largest absolute Gasteiger partial charge is 0.315 e. The van der Waals surface area contributed by atoms with Gasteiger partial charge >= 0.3 is 0 Å². The van der Waals surface area contributed by atoms with E-state index in [1.165, 1.54) is 110 Å². The van der Waals surface area contributed by atoms with Gasteiger partial charge in [0, 0.05) is 19.1 Å². The molecule has 2 aliphatic heterocycles. The van der Waals surface area contributed by atoms with Gasteiger partial charge in [0.1, 0.15) is 0 Å². The Labute approximate surface area is 138 Å². The van der Waals surface area contributed by atoms with Crippen LogP contribution in [0.2, 0.25) is 0 Å². The Balaban J connectivity index is 0.000000246. The van der Waals surface area contributed by atoms with E-state index in [4.69, 9.17) is 0 Å². The second-order valence-electron chi connectivity index (χ2n) is 7.50. The molecule has 0 bridgehead atoms. The van der Waals surface area contributed by atoms with E-state index in [1.54, 1.807) is 0 Å². The van der Waals surface area contributed by atoms with Crippen LogP contribution in [0.15, 0.2) is 0 Å². The number of hydrogen-bond donors (Lipinski definition) is 1. The molecule has 1 aliphatic carbocycles. The third-order valence-electron chi connectivity index (χ3n) is 5.55. The van der Waals surface area contributed by atoms with Crippen molar-refractivity contribution < 1.29 is 0 Å². The highest BCUT2D eigenvalue weighted by Crippen LogP contribution is 2.21. The zero-order valence-corrected chi connectivity index (χ0v) is 15.0. The normalized spacial score (nSPS) is 27.1. The van der Waals surface area contributed by atoms with Crippen LogP contribution in [-0.4, -0.2) is 62.2 Å². The molecule has 22 heavy (non-hydrogen) atoms. The van der Waals surface area contributed by atoms with Crippen LogP contribution in [0, 0.1) is 0 Å². The van der Waals surface area contributed by atoms with Crippen LogP contribution in [0.4, 0.5) is 0 Å². The summed E-state index contributed by atoms with van der Waals surface area (Å²) in [5, 5.41) is 3.54. The van der Waals surface area contributed by atoms with Crippen LogP contribution in [0.5, 0.6) is 0 Å². The summed E-state index contributed by atoms with van der Waals surface area (Å²) in [6.45, 7) is 7.71. The van der Waals surface area contributed by atoms with Gasteiger partial charge in [-0.25, -0.2) is 0 Å². The molecule has 0 aromatic rings. The number of hydrogen-bond acceptors (Lipinski definition) is 3. The van der Waals surface area contributed by atoms with E-state index in [0.29, 0.717) is 0 Å². The van der Waals surface area contributed by atoms with Crippen LogP contribution in [-0.2, 0) is 0 Å². The van der Waals surface area contributed by atoms with E-state index in [0.717, 1.165) is 6.04 Å². The van der Waals surface area contributed by atoms with Crippen molar-refractivity contribution in [1.82, 2.24) is 15.1 Å². The van der Waals surface area contributed by atoms with Crippen molar-refractivity contribution in [1.29, 1.82) is 0 Å². The number of likely N-dealkylation sites (tertiary alicyclic amines) is 1. The Bertz CT molecular complexity index is 227.